The van der Waals surface area contributed by atoms with Gasteiger partial charge >= 0.3 is 6.03 Å². The number of carbonyl (C=O) groups is 2. The number of aromatic hydroxyl groups is 1. The summed E-state index contributed by atoms with van der Waals surface area (Å²) in [6.07, 6.45) is 0. The van der Waals surface area contributed by atoms with Crippen LogP contribution in [0.1, 0.15) is 15.2 Å². The van der Waals surface area contributed by atoms with Crippen LogP contribution in [0.25, 0.3) is 10.9 Å². The molecule has 0 bridgehead atoms. The van der Waals surface area contributed by atoms with Gasteiger partial charge in [-0.2, -0.15) is 0 Å². The molecule has 0 unspecified atom stereocenters. The fourth-order valence-electron chi connectivity index (χ4n) is 3.03. The molecule has 0 aliphatic carbocycles. The van der Waals surface area contributed by atoms with Gasteiger partial charge in [-0.3, -0.25) is 4.79 Å². The quantitative estimate of drug-likeness (QED) is 0.443. The third kappa shape index (κ3) is 3.47. The van der Waals surface area contributed by atoms with Crippen LogP contribution in [-0.2, 0) is 10.0 Å². The van der Waals surface area contributed by atoms with E-state index < -0.39 is 27.7 Å². The maximum Gasteiger partial charge on any atom is 0.342 e. The number of benzene rings is 2. The number of nitrogens with one attached hydrogen (secondary N) is 1. The topological polar surface area (TPSA) is 105 Å². The van der Waals surface area contributed by atoms with Crippen molar-refractivity contribution in [3.05, 3.63) is 81.5 Å². The highest BCUT2D eigenvalue weighted by atomic mass is 35.5. The molecule has 0 saturated carbocycles. The van der Waals surface area contributed by atoms with Crippen LogP contribution in [0, 0.1) is 0 Å². The van der Waals surface area contributed by atoms with E-state index in [9.17, 15) is 23.1 Å². The first-order valence-corrected chi connectivity index (χ1v) is 11.3. The second-order valence-electron chi connectivity index (χ2n) is 6.23. The number of fused-ring (bicyclic) bond motifs is 1. The number of halogens is 1. The lowest BCUT2D eigenvalue weighted by Gasteiger charge is -2.09. The number of rotatable bonds is 4. The molecule has 30 heavy (non-hydrogen) atoms. The molecule has 0 aliphatic heterocycles. The zero-order chi connectivity index (χ0) is 21.5. The van der Waals surface area contributed by atoms with Gasteiger partial charge in [-0.25, -0.2) is 22.5 Å². The molecule has 0 saturated heterocycles. The summed E-state index contributed by atoms with van der Waals surface area (Å²) in [6.45, 7) is 0. The smallest absolute Gasteiger partial charge is 0.342 e. The van der Waals surface area contributed by atoms with Crippen LogP contribution in [0.2, 0.25) is 5.02 Å². The van der Waals surface area contributed by atoms with E-state index in [-0.39, 0.29) is 26.4 Å². The van der Waals surface area contributed by atoms with Gasteiger partial charge in [0.15, 0.2) is 0 Å². The van der Waals surface area contributed by atoms with Crippen LogP contribution < -0.4 is 4.72 Å². The Labute approximate surface area is 180 Å². The normalized spacial score (nSPS) is 11.5. The maximum absolute atomic E-state index is 12.9. The largest absolute Gasteiger partial charge is 0.494 e. The predicted octanol–water partition coefficient (Wildman–Crippen LogP) is 4.24. The number of sulfonamides is 1. The summed E-state index contributed by atoms with van der Waals surface area (Å²) >= 11 is 7.22. The molecule has 0 atom stereocenters. The minimum atomic E-state index is -4.20. The number of ketones is 1. The summed E-state index contributed by atoms with van der Waals surface area (Å²) in [5.74, 6) is -1.18. The Morgan fingerprint density at radius 2 is 1.77 bits per heavy atom. The van der Waals surface area contributed by atoms with Crippen LogP contribution in [0.5, 0.6) is 5.88 Å². The van der Waals surface area contributed by atoms with E-state index in [1.807, 2.05) is 4.72 Å². The summed E-state index contributed by atoms with van der Waals surface area (Å²) in [7, 11) is -4.20. The van der Waals surface area contributed by atoms with Crippen LogP contribution in [-0.4, -0.2) is 29.9 Å². The fraction of sp³-hybridized carbons (Fsp3) is 0. The van der Waals surface area contributed by atoms with E-state index in [1.54, 1.807) is 23.6 Å². The number of nitrogens with zero attached hydrogens (tertiary/aromatic N) is 1. The molecule has 10 heteroatoms. The molecule has 0 fully saturated rings. The molecule has 2 aromatic carbocycles. The van der Waals surface area contributed by atoms with Crippen LogP contribution in [0.3, 0.4) is 0 Å². The number of hydrogen-bond acceptors (Lipinski definition) is 6. The highest BCUT2D eigenvalue weighted by molar-refractivity contribution is 7.90. The van der Waals surface area contributed by atoms with Gasteiger partial charge in [-0.05, 0) is 41.8 Å². The summed E-state index contributed by atoms with van der Waals surface area (Å²) in [5, 5.41) is 13.0. The molecule has 2 aromatic heterocycles. The average Bonchev–Trinajstić information content (AvgIpc) is 3.33. The number of aromatic nitrogens is 1. The van der Waals surface area contributed by atoms with Gasteiger partial charge in [-0.1, -0.05) is 35.9 Å². The van der Waals surface area contributed by atoms with Gasteiger partial charge in [0.1, 0.15) is 0 Å². The average molecular weight is 461 g/mol. The third-order valence-corrected chi connectivity index (χ3v) is 6.79. The summed E-state index contributed by atoms with van der Waals surface area (Å²) < 4.78 is 27.7. The highest BCUT2D eigenvalue weighted by Gasteiger charge is 2.29. The zero-order valence-corrected chi connectivity index (χ0v) is 17.5. The van der Waals surface area contributed by atoms with Crippen molar-refractivity contribution in [2.75, 3.05) is 0 Å². The Morgan fingerprint density at radius 3 is 2.43 bits per heavy atom. The summed E-state index contributed by atoms with van der Waals surface area (Å²) in [6, 6.07) is 13.8. The molecule has 2 N–H and O–H groups in total. The van der Waals surface area contributed by atoms with Gasteiger partial charge in [0.25, 0.3) is 10.0 Å². The lowest BCUT2D eigenvalue weighted by molar-refractivity contribution is 0.104. The van der Waals surface area contributed by atoms with Crippen molar-refractivity contribution in [2.45, 2.75) is 4.90 Å². The van der Waals surface area contributed by atoms with Gasteiger partial charge in [0.2, 0.25) is 11.7 Å². The Bertz CT molecular complexity index is 1380. The van der Waals surface area contributed by atoms with E-state index in [0.29, 0.717) is 4.88 Å². The molecule has 2 heterocycles. The van der Waals surface area contributed by atoms with E-state index in [2.05, 4.69) is 0 Å². The van der Waals surface area contributed by atoms with Gasteiger partial charge in [0, 0.05) is 10.4 Å². The molecule has 4 aromatic rings. The molecular weight excluding hydrogens is 448 g/mol. The minimum Gasteiger partial charge on any atom is -0.494 e. The van der Waals surface area contributed by atoms with Crippen molar-refractivity contribution in [1.82, 2.24) is 9.29 Å². The van der Waals surface area contributed by atoms with Crippen LogP contribution >= 0.6 is 22.9 Å². The lowest BCUT2D eigenvalue weighted by Crippen LogP contribution is -2.34. The molecule has 7 nitrogen and oxygen atoms in total. The summed E-state index contributed by atoms with van der Waals surface area (Å²) in [4.78, 5) is 26.0. The predicted molar refractivity (Wildman–Crippen MR) is 114 cm³/mol. The van der Waals surface area contributed by atoms with Crippen molar-refractivity contribution < 1.29 is 23.1 Å². The Kier molecular flexibility index (Phi) is 5.10. The molecular formula is C20H13ClN2O5S2. The van der Waals surface area contributed by atoms with Crippen LogP contribution in [0.4, 0.5) is 4.79 Å². The van der Waals surface area contributed by atoms with Crippen molar-refractivity contribution >= 4 is 55.7 Å². The molecule has 0 radical (unpaired) electrons. The highest BCUT2D eigenvalue weighted by Crippen LogP contribution is 2.35. The monoisotopic (exact) mass is 460 g/mol. The van der Waals surface area contributed by atoms with E-state index in [1.165, 1.54) is 53.8 Å². The molecule has 1 amide bonds. The first kappa shape index (κ1) is 20.1. The lowest BCUT2D eigenvalue weighted by atomic mass is 10.1. The van der Waals surface area contributed by atoms with Crippen molar-refractivity contribution in [1.29, 1.82) is 0 Å². The second-order valence-corrected chi connectivity index (χ2v) is 9.29. The zero-order valence-electron chi connectivity index (χ0n) is 15.1. The third-order valence-electron chi connectivity index (χ3n) is 4.35. The van der Waals surface area contributed by atoms with Gasteiger partial charge < -0.3 is 5.11 Å². The first-order valence-electron chi connectivity index (χ1n) is 8.53. The Hall–Kier alpha value is -3.14. The van der Waals surface area contributed by atoms with Crippen molar-refractivity contribution in [3.8, 4) is 5.88 Å². The standard InChI is InChI=1S/C20H13ClN2O5S2/c21-12-8-9-15-14(11-12)17(18(24)16-7-4-10-29-16)19(25)23(15)20(26)22-30(27,28)13-5-2-1-3-6-13/h1-11,25H,(H,22,26). The molecule has 0 spiro atoms. The van der Waals surface area contributed by atoms with Crippen molar-refractivity contribution in [2.24, 2.45) is 0 Å². The number of hydrogen-bond donors (Lipinski definition) is 2. The summed E-state index contributed by atoms with van der Waals surface area (Å²) in [5.41, 5.74) is -0.000207. The van der Waals surface area contributed by atoms with Crippen molar-refractivity contribution in [3.63, 3.8) is 0 Å². The molecule has 4 rings (SSSR count). The second kappa shape index (κ2) is 7.60. The Morgan fingerprint density at radius 1 is 1.03 bits per heavy atom. The molecule has 152 valence electrons. The Balaban J connectivity index is 1.84. The van der Waals surface area contributed by atoms with Gasteiger partial charge in [-0.15, -0.1) is 11.3 Å². The maximum atomic E-state index is 12.9. The SMILES string of the molecule is O=C(c1cccs1)c1c(O)n(C(=O)NS(=O)(=O)c2ccccc2)c2ccc(Cl)cc12. The van der Waals surface area contributed by atoms with E-state index in [4.69, 9.17) is 11.6 Å². The van der Waals surface area contributed by atoms with Crippen LogP contribution in [0.15, 0.2) is 70.9 Å². The van der Waals surface area contributed by atoms with E-state index in [0.717, 1.165) is 4.57 Å². The molecule has 0 aliphatic rings. The minimum absolute atomic E-state index is 0.118. The first-order chi connectivity index (χ1) is 14.3. The fourth-order valence-corrected chi connectivity index (χ4v) is 4.83. The van der Waals surface area contributed by atoms with Gasteiger partial charge in [0.05, 0.1) is 20.9 Å². The number of amides is 1. The number of carbonyl (C=O) groups excluding carboxylic acids is 2. The van der Waals surface area contributed by atoms with E-state index >= 15 is 0 Å². The number of thiophene rings is 1.